The Kier molecular flexibility index (Phi) is 6.10. The van der Waals surface area contributed by atoms with E-state index in [0.29, 0.717) is 54.2 Å². The fourth-order valence-corrected chi connectivity index (χ4v) is 4.17. The van der Waals surface area contributed by atoms with Gasteiger partial charge in [0.05, 0.1) is 16.0 Å². The van der Waals surface area contributed by atoms with Gasteiger partial charge in [-0.25, -0.2) is 4.79 Å². The molecule has 3 aromatic rings. The molecular formula is C23H27N3O5S. The van der Waals surface area contributed by atoms with Crippen LogP contribution >= 0.6 is 11.3 Å². The molecule has 9 heteroatoms. The van der Waals surface area contributed by atoms with Crippen LogP contribution in [0.4, 0.5) is 4.79 Å². The lowest BCUT2D eigenvalue weighted by Gasteiger charge is -2.24. The summed E-state index contributed by atoms with van der Waals surface area (Å²) >= 11 is 1.52. The third-order valence-corrected chi connectivity index (χ3v) is 5.86. The summed E-state index contributed by atoms with van der Waals surface area (Å²) < 4.78 is 17.1. The molecule has 1 fully saturated rings. The van der Waals surface area contributed by atoms with E-state index in [0.717, 1.165) is 4.88 Å². The number of rotatable bonds is 5. The number of carbonyl (C=O) groups excluding carboxylic acids is 2. The minimum atomic E-state index is -0.551. The number of amides is 2. The van der Waals surface area contributed by atoms with Gasteiger partial charge in [0, 0.05) is 30.7 Å². The second-order valence-electron chi connectivity index (χ2n) is 8.83. The standard InChI is InChI=1S/C23H27N3O5S/c1-14-20(21(27)25-15-7-8-26(11-15)22(28)31-23(2,3)4)18-9-16(5-6-19(18)30-14)29-12-17-10-24-13-32-17/h5-6,9-10,13,15H,7-8,11-12H2,1-4H3,(H,25,27)/t15-/m1/s1. The van der Waals surface area contributed by atoms with Crippen molar-refractivity contribution in [3.8, 4) is 5.75 Å². The molecule has 0 saturated carbocycles. The van der Waals surface area contributed by atoms with Crippen molar-refractivity contribution >= 4 is 34.3 Å². The molecule has 3 heterocycles. The van der Waals surface area contributed by atoms with E-state index in [-0.39, 0.29) is 18.0 Å². The molecular weight excluding hydrogens is 430 g/mol. The summed E-state index contributed by atoms with van der Waals surface area (Å²) in [4.78, 5) is 32.1. The lowest BCUT2D eigenvalue weighted by atomic mass is 10.1. The van der Waals surface area contributed by atoms with Crippen molar-refractivity contribution in [3.63, 3.8) is 0 Å². The van der Waals surface area contributed by atoms with Crippen molar-refractivity contribution in [3.05, 3.63) is 46.1 Å². The van der Waals surface area contributed by atoms with Gasteiger partial charge in [0.1, 0.15) is 29.3 Å². The number of benzene rings is 1. The Balaban J connectivity index is 1.44. The SMILES string of the molecule is Cc1oc2ccc(OCc3cncs3)cc2c1C(=O)N[C@@H]1CCN(C(=O)OC(C)(C)C)C1. The minimum Gasteiger partial charge on any atom is -0.488 e. The molecule has 0 bridgehead atoms. The number of thiazole rings is 1. The molecule has 0 spiro atoms. The van der Waals surface area contributed by atoms with Gasteiger partial charge in [-0.05, 0) is 52.3 Å². The van der Waals surface area contributed by atoms with Gasteiger partial charge in [-0.15, -0.1) is 11.3 Å². The average molecular weight is 458 g/mol. The molecule has 0 unspecified atom stereocenters. The maximum atomic E-state index is 13.1. The Labute approximate surface area is 190 Å². The summed E-state index contributed by atoms with van der Waals surface area (Å²) in [5, 5.41) is 3.74. The van der Waals surface area contributed by atoms with Gasteiger partial charge in [-0.3, -0.25) is 9.78 Å². The average Bonchev–Trinajstić information content (AvgIpc) is 3.44. The monoisotopic (exact) mass is 457 g/mol. The zero-order chi connectivity index (χ0) is 22.9. The lowest BCUT2D eigenvalue weighted by molar-refractivity contribution is 0.0290. The smallest absolute Gasteiger partial charge is 0.410 e. The molecule has 1 saturated heterocycles. The summed E-state index contributed by atoms with van der Waals surface area (Å²) in [6, 6.07) is 5.30. The predicted molar refractivity (Wildman–Crippen MR) is 121 cm³/mol. The van der Waals surface area contributed by atoms with Crippen LogP contribution in [0.2, 0.25) is 0 Å². The third kappa shape index (κ3) is 5.04. The topological polar surface area (TPSA) is 93.9 Å². The molecule has 0 radical (unpaired) electrons. The van der Waals surface area contributed by atoms with E-state index in [2.05, 4.69) is 10.3 Å². The van der Waals surface area contributed by atoms with Crippen molar-refractivity contribution in [2.75, 3.05) is 13.1 Å². The predicted octanol–water partition coefficient (Wildman–Crippen LogP) is 4.52. The number of nitrogens with one attached hydrogen (secondary N) is 1. The molecule has 170 valence electrons. The fourth-order valence-electron chi connectivity index (χ4n) is 3.67. The van der Waals surface area contributed by atoms with E-state index < -0.39 is 5.60 Å². The Morgan fingerprint density at radius 2 is 2.16 bits per heavy atom. The molecule has 32 heavy (non-hydrogen) atoms. The summed E-state index contributed by atoms with van der Waals surface area (Å²) in [5.74, 6) is 0.966. The Morgan fingerprint density at radius 3 is 2.88 bits per heavy atom. The maximum Gasteiger partial charge on any atom is 0.410 e. The van der Waals surface area contributed by atoms with Crippen LogP contribution in [-0.4, -0.2) is 46.6 Å². The van der Waals surface area contributed by atoms with Crippen molar-refractivity contribution in [2.24, 2.45) is 0 Å². The number of likely N-dealkylation sites (tertiary alicyclic amines) is 1. The highest BCUT2D eigenvalue weighted by molar-refractivity contribution is 7.09. The van der Waals surface area contributed by atoms with Crippen LogP contribution in [0.1, 0.15) is 48.2 Å². The highest BCUT2D eigenvalue weighted by Crippen LogP contribution is 2.30. The normalized spacial score (nSPS) is 16.4. The van der Waals surface area contributed by atoms with Crippen LogP contribution in [0.25, 0.3) is 11.0 Å². The third-order valence-electron chi connectivity index (χ3n) is 5.10. The van der Waals surface area contributed by atoms with Gasteiger partial charge in [-0.2, -0.15) is 0 Å². The van der Waals surface area contributed by atoms with E-state index in [9.17, 15) is 9.59 Å². The molecule has 1 atom stereocenters. The highest BCUT2D eigenvalue weighted by atomic mass is 32.1. The number of nitrogens with zero attached hydrogens (tertiary/aromatic N) is 2. The van der Waals surface area contributed by atoms with Gasteiger partial charge in [0.25, 0.3) is 5.91 Å². The van der Waals surface area contributed by atoms with Crippen LogP contribution in [0.15, 0.2) is 34.3 Å². The van der Waals surface area contributed by atoms with Gasteiger partial charge in [-0.1, -0.05) is 0 Å². The number of aryl methyl sites for hydroxylation is 1. The van der Waals surface area contributed by atoms with Gasteiger partial charge >= 0.3 is 6.09 Å². The number of hydrogen-bond donors (Lipinski definition) is 1. The maximum absolute atomic E-state index is 13.1. The van der Waals surface area contributed by atoms with E-state index in [1.807, 2.05) is 32.9 Å². The van der Waals surface area contributed by atoms with Crippen molar-refractivity contribution in [2.45, 2.75) is 52.4 Å². The Bertz CT molecular complexity index is 1120. The molecule has 1 aliphatic rings. The Hall–Kier alpha value is -3.07. The quantitative estimate of drug-likeness (QED) is 0.606. The van der Waals surface area contributed by atoms with Crippen molar-refractivity contribution in [1.29, 1.82) is 0 Å². The fraction of sp³-hybridized carbons (Fsp3) is 0.435. The van der Waals surface area contributed by atoms with Crippen LogP contribution in [0.5, 0.6) is 5.75 Å². The van der Waals surface area contributed by atoms with Gasteiger partial charge in [0.15, 0.2) is 0 Å². The zero-order valence-electron chi connectivity index (χ0n) is 18.6. The Morgan fingerprint density at radius 1 is 1.34 bits per heavy atom. The molecule has 1 N–H and O–H groups in total. The first kappa shape index (κ1) is 22.1. The van der Waals surface area contributed by atoms with E-state index in [4.69, 9.17) is 13.9 Å². The highest BCUT2D eigenvalue weighted by Gasteiger charge is 2.31. The molecule has 8 nitrogen and oxygen atoms in total. The second kappa shape index (κ2) is 8.82. The minimum absolute atomic E-state index is 0.148. The molecule has 1 aromatic carbocycles. The number of fused-ring (bicyclic) bond motifs is 1. The number of carbonyl (C=O) groups is 2. The number of ether oxygens (including phenoxy) is 2. The largest absolute Gasteiger partial charge is 0.488 e. The first-order chi connectivity index (χ1) is 15.2. The molecule has 2 aromatic heterocycles. The number of aromatic nitrogens is 1. The summed E-state index contributed by atoms with van der Waals surface area (Å²) in [6.45, 7) is 8.65. The first-order valence-electron chi connectivity index (χ1n) is 10.5. The van der Waals surface area contributed by atoms with Crippen LogP contribution in [0.3, 0.4) is 0 Å². The van der Waals surface area contributed by atoms with Crippen molar-refractivity contribution in [1.82, 2.24) is 15.2 Å². The van der Waals surface area contributed by atoms with E-state index in [1.54, 1.807) is 29.6 Å². The van der Waals surface area contributed by atoms with Crippen LogP contribution in [-0.2, 0) is 11.3 Å². The molecule has 0 aliphatic carbocycles. The van der Waals surface area contributed by atoms with Gasteiger partial charge < -0.3 is 24.1 Å². The molecule has 1 aliphatic heterocycles. The number of furan rings is 1. The summed E-state index contributed by atoms with van der Waals surface area (Å²) in [6.07, 6.45) is 2.08. The molecule has 4 rings (SSSR count). The van der Waals surface area contributed by atoms with Crippen LogP contribution in [0, 0.1) is 6.92 Å². The van der Waals surface area contributed by atoms with E-state index >= 15 is 0 Å². The number of hydrogen-bond acceptors (Lipinski definition) is 7. The summed E-state index contributed by atoms with van der Waals surface area (Å²) in [7, 11) is 0. The zero-order valence-corrected chi connectivity index (χ0v) is 19.5. The first-order valence-corrected chi connectivity index (χ1v) is 11.4. The lowest BCUT2D eigenvalue weighted by Crippen LogP contribution is -2.40. The second-order valence-corrected chi connectivity index (χ2v) is 9.80. The van der Waals surface area contributed by atoms with Crippen LogP contribution < -0.4 is 10.1 Å². The van der Waals surface area contributed by atoms with Crippen molar-refractivity contribution < 1.29 is 23.5 Å². The van der Waals surface area contributed by atoms with Gasteiger partial charge in [0.2, 0.25) is 0 Å². The molecule has 2 amide bonds. The summed E-state index contributed by atoms with van der Waals surface area (Å²) in [5.41, 5.74) is 2.32. The van der Waals surface area contributed by atoms with E-state index in [1.165, 1.54) is 11.3 Å².